The van der Waals surface area contributed by atoms with Gasteiger partial charge in [0.05, 0.1) is 21.7 Å². The molecule has 0 saturated carbocycles. The number of anilines is 1. The number of hydrogen-bond donors (Lipinski definition) is 2. The quantitative estimate of drug-likeness (QED) is 0.655. The second-order valence-corrected chi connectivity index (χ2v) is 6.49. The van der Waals surface area contributed by atoms with Gasteiger partial charge in [-0.25, -0.2) is 4.98 Å². The molecule has 7 heteroatoms. The first kappa shape index (κ1) is 18.9. The Morgan fingerprint density at radius 1 is 1.07 bits per heavy atom. The summed E-state index contributed by atoms with van der Waals surface area (Å²) >= 11 is 6.11. The summed E-state index contributed by atoms with van der Waals surface area (Å²) < 4.78 is 1.87. The maximum Gasteiger partial charge on any atom is 0.244 e. The van der Waals surface area contributed by atoms with Crippen molar-refractivity contribution in [2.24, 2.45) is 0 Å². The van der Waals surface area contributed by atoms with Crippen molar-refractivity contribution in [1.82, 2.24) is 14.9 Å². The molecule has 140 valence electrons. The number of halogens is 1. The van der Waals surface area contributed by atoms with E-state index in [9.17, 15) is 9.59 Å². The number of imidazole rings is 1. The van der Waals surface area contributed by atoms with Crippen LogP contribution in [0, 0.1) is 0 Å². The minimum absolute atomic E-state index is 0.00544. The molecule has 3 rings (SSSR count). The predicted molar refractivity (Wildman–Crippen MR) is 107 cm³/mol. The zero-order valence-corrected chi connectivity index (χ0v) is 15.8. The molecule has 2 N–H and O–H groups in total. The second kappa shape index (κ2) is 8.68. The lowest BCUT2D eigenvalue weighted by atomic mass is 10.3. The summed E-state index contributed by atoms with van der Waals surface area (Å²) in [6.07, 6.45) is 0.983. The molecule has 0 aliphatic heterocycles. The monoisotopic (exact) mass is 384 g/mol. The van der Waals surface area contributed by atoms with Crippen LogP contribution in [0.25, 0.3) is 11.0 Å². The highest BCUT2D eigenvalue weighted by atomic mass is 35.5. The molecule has 0 unspecified atom stereocenters. The Bertz CT molecular complexity index is 968. The Morgan fingerprint density at radius 2 is 1.81 bits per heavy atom. The molecule has 0 fully saturated rings. The molecular weight excluding hydrogens is 364 g/mol. The minimum Gasteiger partial charge on any atom is -0.356 e. The van der Waals surface area contributed by atoms with E-state index < -0.39 is 0 Å². The Kier molecular flexibility index (Phi) is 6.08. The molecule has 1 aromatic heterocycles. The molecule has 0 aliphatic carbocycles. The van der Waals surface area contributed by atoms with Crippen molar-refractivity contribution in [3.8, 4) is 0 Å². The summed E-state index contributed by atoms with van der Waals surface area (Å²) in [6.45, 7) is 2.40. The summed E-state index contributed by atoms with van der Waals surface area (Å²) in [6, 6.07) is 14.8. The van der Waals surface area contributed by atoms with Crippen LogP contribution in [0.4, 0.5) is 5.69 Å². The lowest BCUT2D eigenvalue weighted by Crippen LogP contribution is -2.26. The molecule has 0 aliphatic rings. The average molecular weight is 385 g/mol. The lowest BCUT2D eigenvalue weighted by Gasteiger charge is -2.11. The molecule has 0 bridgehead atoms. The highest BCUT2D eigenvalue weighted by Crippen LogP contribution is 2.21. The smallest absolute Gasteiger partial charge is 0.244 e. The van der Waals surface area contributed by atoms with Crippen molar-refractivity contribution >= 4 is 40.1 Å². The van der Waals surface area contributed by atoms with Gasteiger partial charge in [-0.1, -0.05) is 42.8 Å². The van der Waals surface area contributed by atoms with Gasteiger partial charge in [0.1, 0.15) is 12.4 Å². The van der Waals surface area contributed by atoms with E-state index >= 15 is 0 Å². The van der Waals surface area contributed by atoms with Crippen molar-refractivity contribution in [2.75, 3.05) is 11.9 Å². The van der Waals surface area contributed by atoms with Crippen LogP contribution in [0.2, 0.25) is 5.02 Å². The zero-order chi connectivity index (χ0) is 19.2. The molecule has 0 spiro atoms. The van der Waals surface area contributed by atoms with Crippen molar-refractivity contribution in [3.63, 3.8) is 0 Å². The number of carbonyl (C=O) groups excluding carboxylic acids is 2. The third-order valence-corrected chi connectivity index (χ3v) is 4.50. The first-order valence-corrected chi connectivity index (χ1v) is 9.21. The van der Waals surface area contributed by atoms with Gasteiger partial charge in [-0.05, 0) is 24.3 Å². The highest BCUT2D eigenvalue weighted by molar-refractivity contribution is 6.33. The summed E-state index contributed by atoms with van der Waals surface area (Å²) in [5.74, 6) is 0.557. The molecule has 1 heterocycles. The van der Waals surface area contributed by atoms with Gasteiger partial charge in [-0.3, -0.25) is 9.59 Å². The molecular formula is C20H21ClN4O2. The standard InChI is InChI=1S/C20H21ClN4O2/c1-2-19(26)22-12-11-18-23-16-9-5-6-10-17(16)25(18)13-20(27)24-15-8-4-3-7-14(15)21/h3-10H,2,11-13H2,1H3,(H,22,26)(H,24,27). The molecule has 0 atom stereocenters. The molecule has 2 aromatic carbocycles. The number of fused-ring (bicyclic) bond motifs is 1. The molecule has 6 nitrogen and oxygen atoms in total. The summed E-state index contributed by atoms with van der Waals surface area (Å²) in [4.78, 5) is 28.6. The number of carbonyl (C=O) groups is 2. The van der Waals surface area contributed by atoms with Gasteiger partial charge in [0, 0.05) is 19.4 Å². The predicted octanol–water partition coefficient (Wildman–Crippen LogP) is 3.40. The topological polar surface area (TPSA) is 76.0 Å². The maximum atomic E-state index is 12.6. The number of aromatic nitrogens is 2. The van der Waals surface area contributed by atoms with Crippen molar-refractivity contribution in [3.05, 3.63) is 59.4 Å². The van der Waals surface area contributed by atoms with E-state index in [0.29, 0.717) is 30.1 Å². The summed E-state index contributed by atoms with van der Waals surface area (Å²) in [5.41, 5.74) is 2.27. The van der Waals surface area contributed by atoms with E-state index in [4.69, 9.17) is 11.6 Å². The van der Waals surface area contributed by atoms with Gasteiger partial charge in [0.2, 0.25) is 11.8 Å². The van der Waals surface area contributed by atoms with Gasteiger partial charge in [-0.2, -0.15) is 0 Å². The Hall–Kier alpha value is -2.86. The first-order chi connectivity index (χ1) is 13.1. The minimum atomic E-state index is -0.190. The lowest BCUT2D eigenvalue weighted by molar-refractivity contribution is -0.120. The van der Waals surface area contributed by atoms with Crippen LogP contribution in [-0.4, -0.2) is 27.9 Å². The van der Waals surface area contributed by atoms with Crippen LogP contribution in [-0.2, 0) is 22.6 Å². The molecule has 0 saturated heterocycles. The fourth-order valence-corrected chi connectivity index (χ4v) is 3.01. The normalized spacial score (nSPS) is 10.7. The molecule has 27 heavy (non-hydrogen) atoms. The van der Waals surface area contributed by atoms with E-state index in [1.807, 2.05) is 47.9 Å². The van der Waals surface area contributed by atoms with Gasteiger partial charge < -0.3 is 15.2 Å². The largest absolute Gasteiger partial charge is 0.356 e. The van der Waals surface area contributed by atoms with Crippen LogP contribution in [0.1, 0.15) is 19.2 Å². The maximum absolute atomic E-state index is 12.6. The van der Waals surface area contributed by atoms with Crippen LogP contribution >= 0.6 is 11.6 Å². The third kappa shape index (κ3) is 4.65. The van der Waals surface area contributed by atoms with E-state index in [-0.39, 0.29) is 18.4 Å². The number of para-hydroxylation sites is 3. The van der Waals surface area contributed by atoms with Crippen LogP contribution < -0.4 is 10.6 Å². The van der Waals surface area contributed by atoms with Gasteiger partial charge >= 0.3 is 0 Å². The number of amides is 2. The average Bonchev–Trinajstić information content (AvgIpc) is 3.01. The summed E-state index contributed by atoms with van der Waals surface area (Å²) in [5, 5.41) is 6.17. The molecule has 0 radical (unpaired) electrons. The molecule has 2 amide bonds. The van der Waals surface area contributed by atoms with Crippen LogP contribution in [0.5, 0.6) is 0 Å². The van der Waals surface area contributed by atoms with Crippen molar-refractivity contribution in [1.29, 1.82) is 0 Å². The number of nitrogens with zero attached hydrogens (tertiary/aromatic N) is 2. The number of nitrogens with one attached hydrogen (secondary N) is 2. The SMILES string of the molecule is CCC(=O)NCCc1nc2ccccc2n1CC(=O)Nc1ccccc1Cl. The van der Waals surface area contributed by atoms with Gasteiger partial charge in [0.15, 0.2) is 0 Å². The van der Waals surface area contributed by atoms with Gasteiger partial charge in [0.25, 0.3) is 0 Å². The number of rotatable bonds is 7. The molecule has 3 aromatic rings. The van der Waals surface area contributed by atoms with Crippen LogP contribution in [0.3, 0.4) is 0 Å². The van der Waals surface area contributed by atoms with E-state index in [2.05, 4.69) is 15.6 Å². The number of hydrogen-bond acceptors (Lipinski definition) is 3. The Balaban J connectivity index is 1.79. The number of benzene rings is 2. The van der Waals surface area contributed by atoms with E-state index in [1.54, 1.807) is 12.1 Å². The highest BCUT2D eigenvalue weighted by Gasteiger charge is 2.14. The van der Waals surface area contributed by atoms with E-state index in [1.165, 1.54) is 0 Å². The Labute approximate surface area is 162 Å². The summed E-state index contributed by atoms with van der Waals surface area (Å²) in [7, 11) is 0. The Morgan fingerprint density at radius 3 is 2.59 bits per heavy atom. The zero-order valence-electron chi connectivity index (χ0n) is 15.0. The first-order valence-electron chi connectivity index (χ1n) is 8.83. The van der Waals surface area contributed by atoms with Crippen molar-refractivity contribution in [2.45, 2.75) is 26.3 Å². The fraction of sp³-hybridized carbons (Fsp3) is 0.250. The van der Waals surface area contributed by atoms with Crippen LogP contribution in [0.15, 0.2) is 48.5 Å². The second-order valence-electron chi connectivity index (χ2n) is 6.08. The van der Waals surface area contributed by atoms with E-state index in [0.717, 1.165) is 16.9 Å². The van der Waals surface area contributed by atoms with Crippen molar-refractivity contribution < 1.29 is 9.59 Å². The fourth-order valence-electron chi connectivity index (χ4n) is 2.83. The third-order valence-electron chi connectivity index (χ3n) is 4.18. The van der Waals surface area contributed by atoms with Gasteiger partial charge in [-0.15, -0.1) is 0 Å².